The van der Waals surface area contributed by atoms with Gasteiger partial charge in [0.25, 0.3) is 5.91 Å². The van der Waals surface area contributed by atoms with E-state index in [1.54, 1.807) is 18.3 Å². The molecule has 3 heterocycles. The molecule has 8 nitrogen and oxygen atoms in total. The smallest absolute Gasteiger partial charge is 0.270 e. The van der Waals surface area contributed by atoms with Gasteiger partial charge in [-0.25, -0.2) is 4.98 Å². The highest BCUT2D eigenvalue weighted by Crippen LogP contribution is 2.28. The van der Waals surface area contributed by atoms with Crippen molar-refractivity contribution in [3.05, 3.63) is 71.0 Å². The second-order valence-electron chi connectivity index (χ2n) is 8.59. The lowest BCUT2D eigenvalue weighted by atomic mass is 10.1. The minimum Gasteiger partial charge on any atom is -0.457 e. The topological polar surface area (TPSA) is 93.1 Å². The van der Waals surface area contributed by atoms with Gasteiger partial charge >= 0.3 is 0 Å². The van der Waals surface area contributed by atoms with E-state index < -0.39 is 0 Å². The van der Waals surface area contributed by atoms with Gasteiger partial charge in [-0.1, -0.05) is 15.9 Å². The fourth-order valence-electron chi connectivity index (χ4n) is 4.21. The summed E-state index contributed by atoms with van der Waals surface area (Å²) < 4.78 is 9.06. The Labute approximate surface area is 212 Å². The third-order valence-corrected chi connectivity index (χ3v) is 6.62. The molecule has 1 fully saturated rings. The minimum atomic E-state index is -0.197. The first-order valence-electron chi connectivity index (χ1n) is 11.7. The van der Waals surface area contributed by atoms with E-state index >= 15 is 0 Å². The molecular formula is C26H27BrN6O2. The second kappa shape index (κ2) is 10.5. The molecule has 180 valence electrons. The lowest BCUT2D eigenvalue weighted by Crippen LogP contribution is -2.31. The number of hydrogen-bond donors (Lipinski definition) is 3. The van der Waals surface area contributed by atoms with Crippen LogP contribution in [-0.4, -0.2) is 39.6 Å². The van der Waals surface area contributed by atoms with E-state index in [0.29, 0.717) is 29.8 Å². The highest BCUT2D eigenvalue weighted by Gasteiger charge is 2.15. The first-order chi connectivity index (χ1) is 17.0. The Hall–Kier alpha value is -3.43. The third-order valence-electron chi connectivity index (χ3n) is 6.09. The molecule has 0 aliphatic carbocycles. The monoisotopic (exact) mass is 534 g/mol. The molecule has 1 aliphatic rings. The number of pyridine rings is 1. The summed E-state index contributed by atoms with van der Waals surface area (Å²) in [5, 5.41) is 9.74. The number of carbonyl (C=O) groups is 1. The minimum absolute atomic E-state index is 0.197. The van der Waals surface area contributed by atoms with Gasteiger partial charge in [0, 0.05) is 48.1 Å². The van der Waals surface area contributed by atoms with Crippen LogP contribution in [0.2, 0.25) is 0 Å². The van der Waals surface area contributed by atoms with Gasteiger partial charge in [0.1, 0.15) is 17.2 Å². The number of rotatable bonds is 8. The molecule has 0 spiro atoms. The van der Waals surface area contributed by atoms with E-state index in [2.05, 4.69) is 36.9 Å². The number of benzene rings is 2. The van der Waals surface area contributed by atoms with Crippen molar-refractivity contribution in [1.29, 1.82) is 0 Å². The zero-order valence-corrected chi connectivity index (χ0v) is 21.0. The van der Waals surface area contributed by atoms with Crippen molar-refractivity contribution in [2.24, 2.45) is 7.05 Å². The van der Waals surface area contributed by atoms with Crippen molar-refractivity contribution in [2.45, 2.75) is 25.3 Å². The predicted molar refractivity (Wildman–Crippen MR) is 140 cm³/mol. The Bertz CT molecular complexity index is 1330. The van der Waals surface area contributed by atoms with Gasteiger partial charge < -0.3 is 25.3 Å². The van der Waals surface area contributed by atoms with Crippen LogP contribution < -0.4 is 20.7 Å². The molecule has 0 saturated carbocycles. The highest BCUT2D eigenvalue weighted by molar-refractivity contribution is 9.10. The van der Waals surface area contributed by atoms with Crippen LogP contribution >= 0.6 is 15.9 Å². The Morgan fingerprint density at radius 2 is 2.00 bits per heavy atom. The van der Waals surface area contributed by atoms with Gasteiger partial charge in [0.2, 0.25) is 5.95 Å². The van der Waals surface area contributed by atoms with Crippen molar-refractivity contribution in [2.75, 3.05) is 18.4 Å². The van der Waals surface area contributed by atoms with E-state index in [4.69, 9.17) is 9.72 Å². The Morgan fingerprint density at radius 3 is 2.80 bits per heavy atom. The van der Waals surface area contributed by atoms with Gasteiger partial charge in [0.05, 0.1) is 11.0 Å². The van der Waals surface area contributed by atoms with Crippen LogP contribution in [0.4, 0.5) is 11.6 Å². The molecule has 2 aromatic heterocycles. The van der Waals surface area contributed by atoms with Crippen molar-refractivity contribution < 1.29 is 9.53 Å². The number of nitrogens with one attached hydrogen (secondary N) is 3. The lowest BCUT2D eigenvalue weighted by Gasteiger charge is -2.11. The molecule has 1 atom stereocenters. The van der Waals surface area contributed by atoms with Crippen molar-refractivity contribution in [3.8, 4) is 11.5 Å². The Morgan fingerprint density at radius 1 is 1.17 bits per heavy atom. The van der Waals surface area contributed by atoms with Gasteiger partial charge in [-0.2, -0.15) is 0 Å². The van der Waals surface area contributed by atoms with E-state index in [0.717, 1.165) is 40.1 Å². The van der Waals surface area contributed by atoms with Crippen LogP contribution in [0, 0.1) is 0 Å². The first-order valence-corrected chi connectivity index (χ1v) is 12.5. The van der Waals surface area contributed by atoms with Crippen LogP contribution in [0.5, 0.6) is 11.5 Å². The average Bonchev–Trinajstić information content (AvgIpc) is 3.48. The van der Waals surface area contributed by atoms with E-state index in [9.17, 15) is 4.79 Å². The van der Waals surface area contributed by atoms with Gasteiger partial charge in [-0.3, -0.25) is 9.78 Å². The fraction of sp³-hybridized carbons (Fsp3) is 0.269. The molecule has 1 amide bonds. The highest BCUT2D eigenvalue weighted by atomic mass is 79.9. The van der Waals surface area contributed by atoms with Crippen LogP contribution in [0.3, 0.4) is 0 Å². The van der Waals surface area contributed by atoms with E-state index in [-0.39, 0.29) is 5.91 Å². The molecule has 0 bridgehead atoms. The largest absolute Gasteiger partial charge is 0.457 e. The number of amides is 1. The second-order valence-corrected chi connectivity index (χ2v) is 9.51. The number of aryl methyl sites for hydroxylation is 1. The molecule has 3 N–H and O–H groups in total. The summed E-state index contributed by atoms with van der Waals surface area (Å²) in [6, 6.07) is 17.6. The molecule has 35 heavy (non-hydrogen) atoms. The van der Waals surface area contributed by atoms with Gasteiger partial charge in [-0.05, 0) is 68.3 Å². The quantitative estimate of drug-likeness (QED) is 0.290. The number of halogens is 1. The van der Waals surface area contributed by atoms with Crippen LogP contribution in [0.15, 0.2) is 65.3 Å². The standard InChI is InChI=1S/C26H27BrN6O2/c1-33-24-9-8-20(15-22(24)32-26(33)31-19-6-4-17(27)5-7-19)35-21-11-14-29-23(16-21)25(34)30-13-10-18-3-2-12-28-18/h4-9,11,14-16,18,28H,2-3,10,12-13H2,1H3,(H,30,34)(H,31,32). The normalized spacial score (nSPS) is 15.3. The molecule has 4 aromatic rings. The van der Waals surface area contributed by atoms with E-state index in [1.165, 1.54) is 12.8 Å². The first kappa shape index (κ1) is 23.3. The Balaban J connectivity index is 1.26. The molecule has 0 radical (unpaired) electrons. The van der Waals surface area contributed by atoms with Gasteiger partial charge in [0.15, 0.2) is 0 Å². The zero-order valence-electron chi connectivity index (χ0n) is 19.4. The SMILES string of the molecule is Cn1c(Nc2ccc(Br)cc2)nc2cc(Oc3ccnc(C(=O)NCCC4CCCN4)c3)ccc21. The number of nitrogens with zero attached hydrogens (tertiary/aromatic N) is 3. The third kappa shape index (κ3) is 5.63. The van der Waals surface area contributed by atoms with Crippen LogP contribution in [0.25, 0.3) is 11.0 Å². The molecule has 2 aromatic carbocycles. The van der Waals surface area contributed by atoms with Crippen molar-refractivity contribution >= 4 is 44.5 Å². The van der Waals surface area contributed by atoms with Crippen LogP contribution in [-0.2, 0) is 7.05 Å². The molecular weight excluding hydrogens is 508 g/mol. The van der Waals surface area contributed by atoms with Crippen LogP contribution in [0.1, 0.15) is 29.8 Å². The maximum atomic E-state index is 12.5. The van der Waals surface area contributed by atoms with Crippen molar-refractivity contribution in [1.82, 2.24) is 25.2 Å². The summed E-state index contributed by atoms with van der Waals surface area (Å²) in [7, 11) is 1.97. The number of ether oxygens (including phenoxy) is 1. The summed E-state index contributed by atoms with van der Waals surface area (Å²) in [5.74, 6) is 1.72. The molecule has 1 unspecified atom stereocenters. The summed E-state index contributed by atoms with van der Waals surface area (Å²) in [5.41, 5.74) is 3.06. The van der Waals surface area contributed by atoms with Gasteiger partial charge in [-0.15, -0.1) is 0 Å². The lowest BCUT2D eigenvalue weighted by molar-refractivity contribution is 0.0947. The summed E-state index contributed by atoms with van der Waals surface area (Å²) in [4.78, 5) is 21.5. The van der Waals surface area contributed by atoms with Crippen molar-refractivity contribution in [3.63, 3.8) is 0 Å². The average molecular weight is 535 g/mol. The molecule has 1 saturated heterocycles. The number of anilines is 2. The van der Waals surface area contributed by atoms with E-state index in [1.807, 2.05) is 54.1 Å². The summed E-state index contributed by atoms with van der Waals surface area (Å²) in [6.45, 7) is 1.68. The maximum absolute atomic E-state index is 12.5. The molecule has 9 heteroatoms. The zero-order chi connectivity index (χ0) is 24.2. The number of hydrogen-bond acceptors (Lipinski definition) is 6. The number of carbonyl (C=O) groups excluding carboxylic acids is 1. The number of aromatic nitrogens is 3. The summed E-state index contributed by atoms with van der Waals surface area (Å²) >= 11 is 3.45. The predicted octanol–water partition coefficient (Wildman–Crippen LogP) is 5.14. The number of fused-ring (bicyclic) bond motifs is 1. The summed E-state index contributed by atoms with van der Waals surface area (Å²) in [6.07, 6.45) is 4.87. The maximum Gasteiger partial charge on any atom is 0.270 e. The fourth-order valence-corrected chi connectivity index (χ4v) is 4.47. The molecule has 5 rings (SSSR count). The number of imidazole rings is 1. The molecule has 1 aliphatic heterocycles. The Kier molecular flexibility index (Phi) is 6.96.